The van der Waals surface area contributed by atoms with Crippen LogP contribution in [0.1, 0.15) is 17.7 Å². The number of hydrogen-bond donors (Lipinski definition) is 2. The van der Waals surface area contributed by atoms with Gasteiger partial charge in [0.05, 0.1) is 5.92 Å². The van der Waals surface area contributed by atoms with Crippen molar-refractivity contribution in [3.63, 3.8) is 0 Å². The van der Waals surface area contributed by atoms with Crippen molar-refractivity contribution in [3.05, 3.63) is 17.0 Å². The molecule has 1 aromatic rings. The van der Waals surface area contributed by atoms with Gasteiger partial charge in [-0.1, -0.05) is 0 Å². The van der Waals surface area contributed by atoms with E-state index in [1.54, 1.807) is 6.07 Å². The van der Waals surface area contributed by atoms with Gasteiger partial charge < -0.3 is 10.6 Å². The quantitative estimate of drug-likeness (QED) is 0.817. The summed E-state index contributed by atoms with van der Waals surface area (Å²) in [7, 11) is -3.47. The molecule has 2 fully saturated rings. The predicted octanol–water partition coefficient (Wildman–Crippen LogP) is 0.793. The summed E-state index contributed by atoms with van der Waals surface area (Å²) in [5.41, 5.74) is 0. The number of nitrogens with one attached hydrogen (secondary N) is 2. The van der Waals surface area contributed by atoms with Crippen molar-refractivity contribution < 1.29 is 13.2 Å². The highest BCUT2D eigenvalue weighted by Gasteiger charge is 2.34. The summed E-state index contributed by atoms with van der Waals surface area (Å²) >= 11 is 1.29. The van der Waals surface area contributed by atoms with Crippen LogP contribution in [-0.2, 0) is 14.8 Å². The van der Waals surface area contributed by atoms with Crippen molar-refractivity contribution in [2.45, 2.75) is 24.0 Å². The smallest absolute Gasteiger partial charge is 0.252 e. The Balaban J connectivity index is 1.62. The zero-order chi connectivity index (χ0) is 16.4. The number of hydrogen-bond acceptors (Lipinski definition) is 5. The predicted molar refractivity (Wildman–Crippen MR) is 89.9 cm³/mol. The second kappa shape index (κ2) is 6.88. The molecule has 8 heteroatoms. The highest BCUT2D eigenvalue weighted by Crippen LogP contribution is 2.28. The number of sulfonamides is 1. The van der Waals surface area contributed by atoms with Crippen molar-refractivity contribution in [2.75, 3.05) is 32.7 Å². The van der Waals surface area contributed by atoms with Crippen molar-refractivity contribution in [1.29, 1.82) is 0 Å². The minimum absolute atomic E-state index is 0.0147. The van der Waals surface area contributed by atoms with Crippen LogP contribution in [0.5, 0.6) is 0 Å². The van der Waals surface area contributed by atoms with Gasteiger partial charge in [0.25, 0.3) is 10.0 Å². The number of piperidine rings is 1. The van der Waals surface area contributed by atoms with Gasteiger partial charge in [0.2, 0.25) is 5.91 Å². The fourth-order valence-corrected chi connectivity index (χ4v) is 5.90. The lowest BCUT2D eigenvalue weighted by molar-refractivity contribution is -0.126. The second-order valence-electron chi connectivity index (χ2n) is 6.34. The summed E-state index contributed by atoms with van der Waals surface area (Å²) in [5.74, 6) is 0.253. The van der Waals surface area contributed by atoms with Crippen molar-refractivity contribution in [3.8, 4) is 0 Å². The fraction of sp³-hybridized carbons (Fsp3) is 0.667. The van der Waals surface area contributed by atoms with E-state index >= 15 is 0 Å². The molecule has 1 unspecified atom stereocenters. The maximum atomic E-state index is 12.7. The van der Waals surface area contributed by atoms with E-state index in [9.17, 15) is 13.2 Å². The minimum atomic E-state index is -3.47. The van der Waals surface area contributed by atoms with Gasteiger partial charge >= 0.3 is 0 Å². The third kappa shape index (κ3) is 3.76. The maximum absolute atomic E-state index is 12.7. The van der Waals surface area contributed by atoms with E-state index in [2.05, 4.69) is 10.6 Å². The molecule has 128 valence electrons. The average Bonchev–Trinajstić information content (AvgIpc) is 2.93. The molecule has 0 aliphatic carbocycles. The number of aryl methyl sites for hydroxylation is 1. The first-order chi connectivity index (χ1) is 11.0. The molecule has 3 rings (SSSR count). The topological polar surface area (TPSA) is 78.5 Å². The van der Waals surface area contributed by atoms with Gasteiger partial charge in [-0.05, 0) is 31.9 Å². The molecule has 0 saturated carbocycles. The summed E-state index contributed by atoms with van der Waals surface area (Å²) in [5, 5.41) is 6.15. The van der Waals surface area contributed by atoms with Crippen LogP contribution in [-0.4, -0.2) is 51.4 Å². The first kappa shape index (κ1) is 16.9. The van der Waals surface area contributed by atoms with Gasteiger partial charge in [0.1, 0.15) is 4.21 Å². The van der Waals surface area contributed by atoms with Crippen LogP contribution >= 0.6 is 11.3 Å². The number of nitrogens with zero attached hydrogens (tertiary/aromatic N) is 1. The number of thiophene rings is 1. The largest absolute Gasteiger partial charge is 0.355 e. The Morgan fingerprint density at radius 3 is 2.83 bits per heavy atom. The zero-order valence-corrected chi connectivity index (χ0v) is 14.9. The second-order valence-corrected chi connectivity index (χ2v) is 9.79. The molecule has 6 nitrogen and oxygen atoms in total. The lowest BCUT2D eigenvalue weighted by atomic mass is 9.98. The fourth-order valence-electron chi connectivity index (χ4n) is 2.93. The molecule has 2 aliphatic heterocycles. The van der Waals surface area contributed by atoms with E-state index in [0.29, 0.717) is 23.2 Å². The van der Waals surface area contributed by atoms with E-state index in [0.717, 1.165) is 30.8 Å². The zero-order valence-electron chi connectivity index (χ0n) is 13.2. The third-order valence-electron chi connectivity index (χ3n) is 4.50. The Bertz CT molecular complexity index is 667. The molecular formula is C15H23N3O3S2. The van der Waals surface area contributed by atoms with Crippen LogP contribution in [0.25, 0.3) is 0 Å². The SMILES string of the molecule is Cc1ccc(S(=O)(=O)N2CCCC(C(=O)NCC3CNC3)C2)s1. The molecule has 2 saturated heterocycles. The van der Waals surface area contributed by atoms with Gasteiger partial charge in [0.15, 0.2) is 0 Å². The number of carbonyl (C=O) groups is 1. The minimum Gasteiger partial charge on any atom is -0.355 e. The maximum Gasteiger partial charge on any atom is 0.252 e. The van der Waals surface area contributed by atoms with E-state index in [1.165, 1.54) is 15.6 Å². The van der Waals surface area contributed by atoms with E-state index in [-0.39, 0.29) is 18.4 Å². The van der Waals surface area contributed by atoms with E-state index in [1.807, 2.05) is 13.0 Å². The standard InChI is InChI=1S/C15H23N3O3S2/c1-11-4-5-14(22-11)23(20,21)18-6-2-3-13(10-18)15(19)17-9-12-7-16-8-12/h4-5,12-13,16H,2-3,6-10H2,1H3,(H,17,19). The summed E-state index contributed by atoms with van der Waals surface area (Å²) in [6.45, 7) is 5.25. The molecule has 2 aliphatic rings. The summed E-state index contributed by atoms with van der Waals surface area (Å²) in [4.78, 5) is 13.3. The van der Waals surface area contributed by atoms with Crippen LogP contribution in [0.4, 0.5) is 0 Å². The van der Waals surface area contributed by atoms with E-state index in [4.69, 9.17) is 0 Å². The molecule has 2 N–H and O–H groups in total. The number of amides is 1. The van der Waals surface area contributed by atoms with Gasteiger partial charge in [-0.15, -0.1) is 11.3 Å². The molecule has 1 aromatic heterocycles. The van der Waals surface area contributed by atoms with E-state index < -0.39 is 10.0 Å². The molecule has 23 heavy (non-hydrogen) atoms. The molecule has 0 bridgehead atoms. The summed E-state index contributed by atoms with van der Waals surface area (Å²) < 4.78 is 27.2. The molecule has 1 atom stereocenters. The van der Waals surface area contributed by atoms with Crippen LogP contribution in [0, 0.1) is 18.8 Å². The van der Waals surface area contributed by atoms with Crippen LogP contribution in [0.3, 0.4) is 0 Å². The first-order valence-corrected chi connectivity index (χ1v) is 10.3. The highest BCUT2D eigenvalue weighted by atomic mass is 32.2. The first-order valence-electron chi connectivity index (χ1n) is 8.02. The Hall–Kier alpha value is -0.960. The van der Waals surface area contributed by atoms with Crippen molar-refractivity contribution >= 4 is 27.3 Å². The molecule has 0 spiro atoms. The van der Waals surface area contributed by atoms with Gasteiger partial charge in [0, 0.05) is 43.5 Å². The summed E-state index contributed by atoms with van der Waals surface area (Å²) in [6, 6.07) is 3.47. The molecule has 3 heterocycles. The van der Waals surface area contributed by atoms with Crippen LogP contribution in [0.2, 0.25) is 0 Å². The number of carbonyl (C=O) groups excluding carboxylic acids is 1. The number of rotatable bonds is 5. The Labute approximate surface area is 141 Å². The Morgan fingerprint density at radius 1 is 1.43 bits per heavy atom. The van der Waals surface area contributed by atoms with Crippen molar-refractivity contribution in [2.24, 2.45) is 11.8 Å². The lowest BCUT2D eigenvalue weighted by Gasteiger charge is -2.32. The van der Waals surface area contributed by atoms with Crippen LogP contribution < -0.4 is 10.6 Å². The van der Waals surface area contributed by atoms with Gasteiger partial charge in [-0.25, -0.2) is 8.42 Å². The molecular weight excluding hydrogens is 334 g/mol. The Kier molecular flexibility index (Phi) is 5.05. The third-order valence-corrected chi connectivity index (χ3v) is 7.83. The normalized spacial score (nSPS) is 23.4. The monoisotopic (exact) mass is 357 g/mol. The molecule has 0 aromatic carbocycles. The van der Waals surface area contributed by atoms with Crippen LogP contribution in [0.15, 0.2) is 16.3 Å². The highest BCUT2D eigenvalue weighted by molar-refractivity contribution is 7.91. The van der Waals surface area contributed by atoms with Crippen molar-refractivity contribution in [1.82, 2.24) is 14.9 Å². The average molecular weight is 358 g/mol. The molecule has 0 radical (unpaired) electrons. The van der Waals surface area contributed by atoms with Gasteiger partial charge in [-0.3, -0.25) is 4.79 Å². The van der Waals surface area contributed by atoms with Gasteiger partial charge in [-0.2, -0.15) is 4.31 Å². The lowest BCUT2D eigenvalue weighted by Crippen LogP contribution is -2.50. The summed E-state index contributed by atoms with van der Waals surface area (Å²) in [6.07, 6.45) is 1.48. The Morgan fingerprint density at radius 2 is 2.22 bits per heavy atom. The molecule has 1 amide bonds.